The average Bonchev–Trinajstić information content (AvgIpc) is 2.55. The molecule has 2 aromatic carbocycles. The molecule has 0 amide bonds. The number of carbonyl (C=O) groups is 2. The number of hydrogen-bond donors (Lipinski definition) is 1. The molecule has 23 heavy (non-hydrogen) atoms. The van der Waals surface area contributed by atoms with E-state index in [0.29, 0.717) is 17.9 Å². The van der Waals surface area contributed by atoms with Crippen molar-refractivity contribution in [1.82, 2.24) is 0 Å². The largest absolute Gasteiger partial charge is 0.494 e. The van der Waals surface area contributed by atoms with Gasteiger partial charge in [-0.1, -0.05) is 31.5 Å². The van der Waals surface area contributed by atoms with Crippen LogP contribution in [0.5, 0.6) is 11.5 Å². The van der Waals surface area contributed by atoms with Gasteiger partial charge in [0.25, 0.3) is 0 Å². The quantitative estimate of drug-likeness (QED) is 0.478. The molecule has 0 heterocycles. The molecule has 0 aliphatic rings. The summed E-state index contributed by atoms with van der Waals surface area (Å²) < 4.78 is 10.7. The van der Waals surface area contributed by atoms with Crippen molar-refractivity contribution in [3.8, 4) is 11.5 Å². The Hall–Kier alpha value is -2.82. The number of benzene rings is 2. The third-order valence-electron chi connectivity index (χ3n) is 3.16. The van der Waals surface area contributed by atoms with Crippen molar-refractivity contribution in [3.05, 3.63) is 59.7 Å². The van der Waals surface area contributed by atoms with Crippen LogP contribution in [0.2, 0.25) is 0 Å². The Morgan fingerprint density at radius 1 is 1.09 bits per heavy atom. The van der Waals surface area contributed by atoms with Gasteiger partial charge in [0, 0.05) is 0 Å². The number of carboxylic acid groups (broad SMARTS) is 1. The van der Waals surface area contributed by atoms with E-state index in [1.807, 2.05) is 0 Å². The second-order valence-corrected chi connectivity index (χ2v) is 4.92. The second kappa shape index (κ2) is 7.98. The third-order valence-corrected chi connectivity index (χ3v) is 3.16. The van der Waals surface area contributed by atoms with E-state index in [1.54, 1.807) is 36.4 Å². The van der Waals surface area contributed by atoms with Gasteiger partial charge in [-0.15, -0.1) is 0 Å². The molecule has 2 rings (SSSR count). The van der Waals surface area contributed by atoms with Gasteiger partial charge >= 0.3 is 11.9 Å². The first-order chi connectivity index (χ1) is 11.1. The molecule has 5 nitrogen and oxygen atoms in total. The minimum Gasteiger partial charge on any atom is -0.494 e. The number of aromatic carboxylic acids is 1. The zero-order chi connectivity index (χ0) is 16.7. The van der Waals surface area contributed by atoms with Crippen LogP contribution >= 0.6 is 0 Å². The van der Waals surface area contributed by atoms with E-state index in [9.17, 15) is 9.59 Å². The first-order valence-electron chi connectivity index (χ1n) is 7.39. The van der Waals surface area contributed by atoms with Crippen LogP contribution < -0.4 is 9.47 Å². The molecule has 0 saturated heterocycles. The Morgan fingerprint density at radius 2 is 1.87 bits per heavy atom. The highest BCUT2D eigenvalue weighted by atomic mass is 16.5. The standard InChI is InChI=1S/C18H18O5/c1-2-3-11-22-14-8-6-7-13(12-14)18(21)23-16-10-5-4-9-15(16)17(19)20/h4-10,12H,2-3,11H2,1H3,(H,19,20). The highest BCUT2D eigenvalue weighted by Gasteiger charge is 2.15. The number of ether oxygens (including phenoxy) is 2. The number of carbonyl (C=O) groups excluding carboxylic acids is 1. The fourth-order valence-electron chi connectivity index (χ4n) is 1.94. The van der Waals surface area contributed by atoms with Crippen LogP contribution in [0.25, 0.3) is 0 Å². The van der Waals surface area contributed by atoms with E-state index >= 15 is 0 Å². The number of carboxylic acids is 1. The molecule has 0 aromatic heterocycles. The molecule has 0 radical (unpaired) electrons. The summed E-state index contributed by atoms with van der Waals surface area (Å²) in [6.45, 7) is 2.65. The van der Waals surface area contributed by atoms with Crippen LogP contribution in [0.1, 0.15) is 40.5 Å². The fourth-order valence-corrected chi connectivity index (χ4v) is 1.94. The summed E-state index contributed by atoms with van der Waals surface area (Å²) in [7, 11) is 0. The lowest BCUT2D eigenvalue weighted by atomic mass is 10.2. The van der Waals surface area contributed by atoms with Crippen molar-refractivity contribution in [2.45, 2.75) is 19.8 Å². The molecule has 0 atom stereocenters. The maximum absolute atomic E-state index is 12.2. The highest BCUT2D eigenvalue weighted by Crippen LogP contribution is 2.21. The maximum Gasteiger partial charge on any atom is 0.343 e. The number of para-hydroxylation sites is 1. The van der Waals surface area contributed by atoms with E-state index in [2.05, 4.69) is 6.92 Å². The minimum atomic E-state index is -1.15. The number of esters is 1. The second-order valence-electron chi connectivity index (χ2n) is 4.92. The van der Waals surface area contributed by atoms with Gasteiger partial charge in [-0.3, -0.25) is 0 Å². The van der Waals surface area contributed by atoms with Crippen molar-refractivity contribution < 1.29 is 24.2 Å². The van der Waals surface area contributed by atoms with Gasteiger partial charge in [-0.2, -0.15) is 0 Å². The fraction of sp³-hybridized carbons (Fsp3) is 0.222. The van der Waals surface area contributed by atoms with Crippen LogP contribution in [0.15, 0.2) is 48.5 Å². The first-order valence-corrected chi connectivity index (χ1v) is 7.39. The summed E-state index contributed by atoms with van der Waals surface area (Å²) >= 11 is 0. The Labute approximate surface area is 134 Å². The molecule has 0 bridgehead atoms. The zero-order valence-electron chi connectivity index (χ0n) is 12.8. The zero-order valence-corrected chi connectivity index (χ0v) is 12.8. The summed E-state index contributed by atoms with van der Waals surface area (Å²) in [5.74, 6) is -1.17. The lowest BCUT2D eigenvalue weighted by Gasteiger charge is -2.09. The van der Waals surface area contributed by atoms with Crippen LogP contribution in [-0.2, 0) is 0 Å². The van der Waals surface area contributed by atoms with Crippen LogP contribution in [0.3, 0.4) is 0 Å². The van der Waals surface area contributed by atoms with Crippen molar-refractivity contribution in [3.63, 3.8) is 0 Å². The van der Waals surface area contributed by atoms with E-state index in [4.69, 9.17) is 14.6 Å². The van der Waals surface area contributed by atoms with Gasteiger partial charge < -0.3 is 14.6 Å². The molecule has 1 N–H and O–H groups in total. The predicted octanol–water partition coefficient (Wildman–Crippen LogP) is 3.78. The van der Waals surface area contributed by atoms with Crippen molar-refractivity contribution in [2.24, 2.45) is 0 Å². The molecule has 5 heteroatoms. The molecular weight excluding hydrogens is 296 g/mol. The van der Waals surface area contributed by atoms with Crippen molar-refractivity contribution in [1.29, 1.82) is 0 Å². The molecule has 0 aliphatic carbocycles. The Kier molecular flexibility index (Phi) is 5.74. The van der Waals surface area contributed by atoms with Crippen LogP contribution in [0.4, 0.5) is 0 Å². The molecule has 0 fully saturated rings. The molecule has 120 valence electrons. The highest BCUT2D eigenvalue weighted by molar-refractivity contribution is 5.95. The van der Waals surface area contributed by atoms with E-state index in [0.717, 1.165) is 12.8 Å². The van der Waals surface area contributed by atoms with Crippen LogP contribution in [-0.4, -0.2) is 23.7 Å². The lowest BCUT2D eigenvalue weighted by molar-refractivity contribution is 0.0681. The Bertz CT molecular complexity index is 693. The number of rotatable bonds is 7. The molecule has 0 aliphatic heterocycles. The van der Waals surface area contributed by atoms with Crippen molar-refractivity contribution in [2.75, 3.05) is 6.61 Å². The summed E-state index contributed by atoms with van der Waals surface area (Å²) in [5.41, 5.74) is 0.246. The third kappa shape index (κ3) is 4.57. The lowest BCUT2D eigenvalue weighted by Crippen LogP contribution is -2.11. The minimum absolute atomic E-state index is 0.0160. The first kappa shape index (κ1) is 16.5. The van der Waals surface area contributed by atoms with Crippen molar-refractivity contribution >= 4 is 11.9 Å². The normalized spacial score (nSPS) is 10.1. The molecule has 0 unspecified atom stereocenters. The van der Waals surface area contributed by atoms with Gasteiger partial charge in [0.15, 0.2) is 0 Å². The van der Waals surface area contributed by atoms with E-state index in [1.165, 1.54) is 12.1 Å². The van der Waals surface area contributed by atoms with E-state index < -0.39 is 11.9 Å². The Balaban J connectivity index is 2.12. The van der Waals surface area contributed by atoms with Crippen LogP contribution in [0, 0.1) is 0 Å². The van der Waals surface area contributed by atoms with Gasteiger partial charge in [0.2, 0.25) is 0 Å². The van der Waals surface area contributed by atoms with Gasteiger partial charge in [0.05, 0.1) is 12.2 Å². The molecule has 2 aromatic rings. The van der Waals surface area contributed by atoms with Gasteiger partial charge in [-0.05, 0) is 36.8 Å². The van der Waals surface area contributed by atoms with Gasteiger partial charge in [0.1, 0.15) is 17.1 Å². The summed E-state index contributed by atoms with van der Waals surface area (Å²) in [6.07, 6.45) is 1.95. The maximum atomic E-state index is 12.2. The monoisotopic (exact) mass is 314 g/mol. The predicted molar refractivity (Wildman–Crippen MR) is 85.2 cm³/mol. The van der Waals surface area contributed by atoms with E-state index in [-0.39, 0.29) is 11.3 Å². The number of hydrogen-bond acceptors (Lipinski definition) is 4. The average molecular weight is 314 g/mol. The smallest absolute Gasteiger partial charge is 0.343 e. The molecular formula is C18H18O5. The van der Waals surface area contributed by atoms with Gasteiger partial charge in [-0.25, -0.2) is 9.59 Å². The number of unbranched alkanes of at least 4 members (excludes halogenated alkanes) is 1. The summed E-state index contributed by atoms with van der Waals surface area (Å²) in [4.78, 5) is 23.3. The SMILES string of the molecule is CCCCOc1cccc(C(=O)Oc2ccccc2C(=O)O)c1. The summed E-state index contributed by atoms with van der Waals surface area (Å²) in [6, 6.07) is 12.7. The Morgan fingerprint density at radius 3 is 2.61 bits per heavy atom. The molecule has 0 spiro atoms. The molecule has 0 saturated carbocycles. The summed E-state index contributed by atoms with van der Waals surface area (Å²) in [5, 5.41) is 9.10. The topological polar surface area (TPSA) is 72.8 Å².